The zero-order valence-corrected chi connectivity index (χ0v) is 17.2. The SMILES string of the molecule is CCOc1cccc(C2CC(c3ccc(Cl)cc3)=NC(c3ccc(F)cc3)N2)c1O. The molecule has 0 saturated heterocycles. The Balaban J connectivity index is 1.74. The van der Waals surface area contributed by atoms with Gasteiger partial charge in [-0.05, 0) is 48.4 Å². The summed E-state index contributed by atoms with van der Waals surface area (Å²) in [4.78, 5) is 4.87. The van der Waals surface area contributed by atoms with E-state index in [-0.39, 0.29) is 23.8 Å². The molecule has 1 aliphatic rings. The van der Waals surface area contributed by atoms with E-state index in [0.717, 1.165) is 22.4 Å². The van der Waals surface area contributed by atoms with Gasteiger partial charge in [-0.25, -0.2) is 4.39 Å². The zero-order chi connectivity index (χ0) is 21.1. The largest absolute Gasteiger partial charge is 0.504 e. The van der Waals surface area contributed by atoms with Crippen molar-refractivity contribution in [3.63, 3.8) is 0 Å². The molecule has 0 spiro atoms. The van der Waals surface area contributed by atoms with Crippen LogP contribution in [-0.2, 0) is 0 Å². The van der Waals surface area contributed by atoms with Crippen molar-refractivity contribution >= 4 is 17.3 Å². The highest BCUT2D eigenvalue weighted by molar-refractivity contribution is 6.30. The minimum Gasteiger partial charge on any atom is -0.504 e. The average molecular weight is 425 g/mol. The van der Waals surface area contributed by atoms with Gasteiger partial charge in [-0.3, -0.25) is 10.3 Å². The number of hydrogen-bond acceptors (Lipinski definition) is 4. The fraction of sp³-hybridized carbons (Fsp3) is 0.208. The van der Waals surface area contributed by atoms with Gasteiger partial charge in [-0.2, -0.15) is 0 Å². The number of para-hydroxylation sites is 1. The molecule has 1 heterocycles. The summed E-state index contributed by atoms with van der Waals surface area (Å²) in [6.45, 7) is 2.34. The molecule has 154 valence electrons. The first-order valence-electron chi connectivity index (χ1n) is 9.84. The first-order valence-corrected chi connectivity index (χ1v) is 10.2. The number of ether oxygens (including phenoxy) is 1. The summed E-state index contributed by atoms with van der Waals surface area (Å²) < 4.78 is 19.0. The molecule has 0 radical (unpaired) electrons. The van der Waals surface area contributed by atoms with Gasteiger partial charge in [-0.1, -0.05) is 48.0 Å². The lowest BCUT2D eigenvalue weighted by Crippen LogP contribution is -2.33. The Morgan fingerprint density at radius 3 is 2.53 bits per heavy atom. The van der Waals surface area contributed by atoms with Crippen LogP contribution in [0, 0.1) is 5.82 Å². The number of halogens is 2. The second-order valence-electron chi connectivity index (χ2n) is 7.09. The van der Waals surface area contributed by atoms with E-state index in [0.29, 0.717) is 23.8 Å². The highest BCUT2D eigenvalue weighted by Crippen LogP contribution is 2.38. The maximum atomic E-state index is 13.4. The first kappa shape index (κ1) is 20.4. The second-order valence-corrected chi connectivity index (χ2v) is 7.52. The highest BCUT2D eigenvalue weighted by Gasteiger charge is 2.28. The van der Waals surface area contributed by atoms with Crippen LogP contribution < -0.4 is 10.1 Å². The van der Waals surface area contributed by atoms with Gasteiger partial charge in [0.1, 0.15) is 12.0 Å². The molecule has 0 aliphatic carbocycles. The number of aromatic hydroxyl groups is 1. The lowest BCUT2D eigenvalue weighted by molar-refractivity contribution is 0.313. The highest BCUT2D eigenvalue weighted by atomic mass is 35.5. The maximum Gasteiger partial charge on any atom is 0.162 e. The van der Waals surface area contributed by atoms with Crippen molar-refractivity contribution < 1.29 is 14.2 Å². The fourth-order valence-corrected chi connectivity index (χ4v) is 3.76. The molecule has 4 rings (SSSR count). The average Bonchev–Trinajstić information content (AvgIpc) is 2.76. The summed E-state index contributed by atoms with van der Waals surface area (Å²) in [6.07, 6.45) is 0.188. The number of nitrogens with one attached hydrogen (secondary N) is 1. The Morgan fingerprint density at radius 1 is 1.10 bits per heavy atom. The summed E-state index contributed by atoms with van der Waals surface area (Å²) in [6, 6.07) is 19.1. The van der Waals surface area contributed by atoms with E-state index in [1.807, 2.05) is 43.3 Å². The van der Waals surface area contributed by atoms with E-state index in [1.54, 1.807) is 18.2 Å². The number of hydrogen-bond donors (Lipinski definition) is 2. The van der Waals surface area contributed by atoms with Crippen LogP contribution in [0.1, 0.15) is 42.2 Å². The third-order valence-corrected chi connectivity index (χ3v) is 5.36. The van der Waals surface area contributed by atoms with Crippen molar-refractivity contribution in [2.75, 3.05) is 6.61 Å². The van der Waals surface area contributed by atoms with E-state index >= 15 is 0 Å². The van der Waals surface area contributed by atoms with E-state index in [1.165, 1.54) is 12.1 Å². The van der Waals surface area contributed by atoms with Crippen LogP contribution in [-0.4, -0.2) is 17.4 Å². The number of phenolic OH excluding ortho intramolecular Hbond substituents is 1. The van der Waals surface area contributed by atoms with Gasteiger partial charge in [-0.15, -0.1) is 0 Å². The van der Waals surface area contributed by atoms with E-state index in [9.17, 15) is 9.50 Å². The van der Waals surface area contributed by atoms with Crippen LogP contribution in [0.4, 0.5) is 4.39 Å². The van der Waals surface area contributed by atoms with Crippen molar-refractivity contribution in [2.45, 2.75) is 25.6 Å². The molecule has 3 aromatic carbocycles. The van der Waals surface area contributed by atoms with Crippen molar-refractivity contribution in [2.24, 2.45) is 4.99 Å². The van der Waals surface area contributed by atoms with Crippen LogP contribution in [0.5, 0.6) is 11.5 Å². The molecule has 0 aromatic heterocycles. The van der Waals surface area contributed by atoms with Crippen LogP contribution in [0.15, 0.2) is 71.7 Å². The molecule has 4 nitrogen and oxygen atoms in total. The van der Waals surface area contributed by atoms with Crippen molar-refractivity contribution in [1.29, 1.82) is 0 Å². The van der Waals surface area contributed by atoms with Gasteiger partial charge >= 0.3 is 0 Å². The molecule has 0 fully saturated rings. The maximum absolute atomic E-state index is 13.4. The van der Waals surface area contributed by atoms with Gasteiger partial charge in [0.2, 0.25) is 0 Å². The van der Waals surface area contributed by atoms with Gasteiger partial charge in [0.25, 0.3) is 0 Å². The number of rotatable bonds is 5. The van der Waals surface area contributed by atoms with Crippen LogP contribution in [0.3, 0.4) is 0 Å². The van der Waals surface area contributed by atoms with Gasteiger partial charge in [0, 0.05) is 28.8 Å². The van der Waals surface area contributed by atoms with E-state index in [2.05, 4.69) is 5.32 Å². The first-order chi connectivity index (χ1) is 14.5. The van der Waals surface area contributed by atoms with Gasteiger partial charge < -0.3 is 9.84 Å². The molecule has 6 heteroatoms. The predicted octanol–water partition coefficient (Wildman–Crippen LogP) is 5.81. The lowest BCUT2D eigenvalue weighted by Gasteiger charge is -2.31. The molecule has 1 aliphatic heterocycles. The Hall–Kier alpha value is -2.89. The lowest BCUT2D eigenvalue weighted by atomic mass is 9.93. The van der Waals surface area contributed by atoms with Gasteiger partial charge in [0.05, 0.1) is 6.61 Å². The van der Waals surface area contributed by atoms with Crippen LogP contribution in [0.25, 0.3) is 0 Å². The van der Waals surface area contributed by atoms with E-state index in [4.69, 9.17) is 21.3 Å². The van der Waals surface area contributed by atoms with E-state index < -0.39 is 0 Å². The Bertz CT molecular complexity index is 1050. The quantitative estimate of drug-likeness (QED) is 0.543. The molecule has 0 saturated carbocycles. The van der Waals surface area contributed by atoms with Crippen LogP contribution in [0.2, 0.25) is 5.02 Å². The smallest absolute Gasteiger partial charge is 0.162 e. The second kappa shape index (κ2) is 8.86. The molecule has 30 heavy (non-hydrogen) atoms. The molecular formula is C24H22ClFN2O2. The summed E-state index contributed by atoms with van der Waals surface area (Å²) >= 11 is 6.05. The summed E-state index contributed by atoms with van der Waals surface area (Å²) in [5, 5.41) is 14.9. The monoisotopic (exact) mass is 424 g/mol. The molecule has 3 aromatic rings. The Morgan fingerprint density at radius 2 is 1.83 bits per heavy atom. The molecule has 2 atom stereocenters. The van der Waals surface area contributed by atoms with Crippen molar-refractivity contribution in [1.82, 2.24) is 5.32 Å². The molecule has 0 amide bonds. The minimum atomic E-state index is -0.384. The standard InChI is InChI=1S/C24H22ClFN2O2/c1-2-30-22-5-3-4-19(23(22)29)21-14-20(15-6-10-17(25)11-7-15)27-24(28-21)16-8-12-18(26)13-9-16/h3-13,21,24,28-29H,2,14H2,1H3. The Labute approximate surface area is 180 Å². The number of benzene rings is 3. The topological polar surface area (TPSA) is 53.8 Å². The van der Waals surface area contributed by atoms with Crippen LogP contribution >= 0.6 is 11.6 Å². The summed E-state index contributed by atoms with van der Waals surface area (Å²) in [5.74, 6) is 0.271. The molecular weight excluding hydrogens is 403 g/mol. The molecule has 2 N–H and O–H groups in total. The minimum absolute atomic E-state index is 0.118. The third-order valence-electron chi connectivity index (χ3n) is 5.11. The number of aliphatic imine (C=N–C) groups is 1. The van der Waals surface area contributed by atoms with Crippen molar-refractivity contribution in [3.8, 4) is 11.5 Å². The summed E-state index contributed by atoms with van der Waals surface area (Å²) in [7, 11) is 0. The molecule has 0 bridgehead atoms. The van der Waals surface area contributed by atoms with Gasteiger partial charge in [0.15, 0.2) is 11.5 Å². The Kier molecular flexibility index (Phi) is 6.02. The third kappa shape index (κ3) is 4.32. The summed E-state index contributed by atoms with van der Waals surface area (Å²) in [5.41, 5.74) is 3.41. The predicted molar refractivity (Wildman–Crippen MR) is 117 cm³/mol. The molecule has 2 unspecified atom stereocenters. The normalized spacial score (nSPS) is 18.7. The zero-order valence-electron chi connectivity index (χ0n) is 16.5. The number of phenols is 1. The number of nitrogens with zero attached hydrogens (tertiary/aromatic N) is 1. The fourth-order valence-electron chi connectivity index (χ4n) is 3.63. The van der Waals surface area contributed by atoms with Crippen molar-refractivity contribution in [3.05, 3.63) is 94.3 Å².